The Bertz CT molecular complexity index is 732. The normalized spacial score (nSPS) is 12.9. The third-order valence-electron chi connectivity index (χ3n) is 4.01. The van der Waals surface area contributed by atoms with E-state index in [1.165, 1.54) is 4.90 Å². The lowest BCUT2D eigenvalue weighted by molar-refractivity contribution is -0.890. The van der Waals surface area contributed by atoms with Gasteiger partial charge in [0.1, 0.15) is 11.8 Å². The van der Waals surface area contributed by atoms with Crippen LogP contribution in [0.3, 0.4) is 0 Å². The van der Waals surface area contributed by atoms with E-state index in [0.717, 1.165) is 10.6 Å². The summed E-state index contributed by atoms with van der Waals surface area (Å²) in [7, 11) is 4.10. The Labute approximate surface area is 147 Å². The summed E-state index contributed by atoms with van der Waals surface area (Å²) in [4.78, 5) is 9.74. The minimum atomic E-state index is -0.199. The Balaban J connectivity index is 2.26. The number of aryl methyl sites for hydroxylation is 1. The first-order chi connectivity index (χ1) is 11.5. The van der Waals surface area contributed by atoms with Gasteiger partial charge in [0.05, 0.1) is 32.9 Å². The van der Waals surface area contributed by atoms with Gasteiger partial charge >= 0.3 is 0 Å². The summed E-state index contributed by atoms with van der Waals surface area (Å²) in [5.74, 6) is 0.0526. The van der Waals surface area contributed by atoms with Gasteiger partial charge in [-0.2, -0.15) is 0 Å². The average molecular weight is 349 g/mol. The number of aliphatic hydroxyl groups excluding tert-OH is 1. The lowest BCUT2D eigenvalue weighted by Crippen LogP contribution is -3.06. The molecule has 0 aliphatic heterocycles. The first kappa shape index (κ1) is 18.4. The van der Waals surface area contributed by atoms with E-state index in [-0.39, 0.29) is 18.4 Å². The number of benzene rings is 1. The van der Waals surface area contributed by atoms with Crippen molar-refractivity contribution in [1.82, 2.24) is 4.98 Å². The van der Waals surface area contributed by atoms with Gasteiger partial charge in [0.25, 0.3) is 0 Å². The molecule has 0 aliphatic rings. The monoisotopic (exact) mass is 348 g/mol. The average Bonchev–Trinajstić information content (AvgIpc) is 2.56. The third kappa shape index (κ3) is 4.12. The van der Waals surface area contributed by atoms with Crippen LogP contribution in [0.25, 0.3) is 0 Å². The van der Waals surface area contributed by atoms with Crippen LogP contribution in [0.5, 0.6) is 5.75 Å². The van der Waals surface area contributed by atoms with Gasteiger partial charge in [0.15, 0.2) is 0 Å². The van der Waals surface area contributed by atoms with E-state index in [1.807, 2.05) is 24.3 Å². The smallest absolute Gasteiger partial charge is 0.145 e. The molecule has 0 spiro atoms. The van der Waals surface area contributed by atoms with Crippen molar-refractivity contribution in [2.24, 2.45) is 4.99 Å². The Hall–Kier alpha value is -1.95. The maximum Gasteiger partial charge on any atom is 0.145 e. The zero-order chi connectivity index (χ0) is 17.7. The second-order valence-corrected chi connectivity index (χ2v) is 6.34. The number of aromatic hydroxyl groups is 1. The molecule has 5 nitrogen and oxygen atoms in total. The van der Waals surface area contributed by atoms with E-state index in [9.17, 15) is 10.2 Å². The molecule has 2 aromatic rings. The van der Waals surface area contributed by atoms with Crippen LogP contribution in [0.4, 0.5) is 0 Å². The predicted octanol–water partition coefficient (Wildman–Crippen LogP) is 1.55. The number of nitrogens with one attached hydrogen (secondary N) is 1. The highest BCUT2D eigenvalue weighted by molar-refractivity contribution is 6.31. The largest absolute Gasteiger partial charge is 0.505 e. The SMILES string of the molecule is Cc1ncc(CO)c(C=NC[C@@H](c2ccccc2Cl)[NH+](C)C)c1O. The Morgan fingerprint density at radius 3 is 2.67 bits per heavy atom. The molecular formula is C18H23ClN3O2+. The molecule has 1 aromatic heterocycles. The lowest BCUT2D eigenvalue weighted by atomic mass is 10.1. The van der Waals surface area contributed by atoms with E-state index in [2.05, 4.69) is 24.1 Å². The molecule has 2 rings (SSSR count). The molecule has 1 heterocycles. The van der Waals surface area contributed by atoms with Crippen molar-refractivity contribution in [1.29, 1.82) is 0 Å². The summed E-state index contributed by atoms with van der Waals surface area (Å²) in [6.07, 6.45) is 3.15. The van der Waals surface area contributed by atoms with Crippen LogP contribution >= 0.6 is 11.6 Å². The molecule has 24 heavy (non-hydrogen) atoms. The summed E-state index contributed by atoms with van der Waals surface area (Å²) < 4.78 is 0. The van der Waals surface area contributed by atoms with Crippen molar-refractivity contribution >= 4 is 17.8 Å². The number of rotatable bonds is 6. The second kappa shape index (κ2) is 8.24. The summed E-state index contributed by atoms with van der Waals surface area (Å²) in [6, 6.07) is 7.84. The van der Waals surface area contributed by atoms with Gasteiger partial charge in [-0.3, -0.25) is 9.98 Å². The van der Waals surface area contributed by atoms with E-state index in [4.69, 9.17) is 11.6 Å². The molecule has 0 saturated heterocycles. The highest BCUT2D eigenvalue weighted by atomic mass is 35.5. The minimum absolute atomic E-state index is 0.0526. The van der Waals surface area contributed by atoms with Gasteiger partial charge in [-0.15, -0.1) is 0 Å². The number of halogens is 1. The number of quaternary nitrogens is 1. The molecule has 0 bridgehead atoms. The first-order valence-electron chi connectivity index (χ1n) is 7.78. The maximum atomic E-state index is 10.2. The lowest BCUT2D eigenvalue weighted by Gasteiger charge is -2.21. The molecule has 128 valence electrons. The molecule has 0 aliphatic carbocycles. The highest BCUT2D eigenvalue weighted by Gasteiger charge is 2.19. The summed E-state index contributed by atoms with van der Waals surface area (Å²) in [5, 5.41) is 20.3. The second-order valence-electron chi connectivity index (χ2n) is 5.93. The molecule has 0 amide bonds. The van der Waals surface area contributed by atoms with Crippen LogP contribution in [0.1, 0.15) is 28.4 Å². The molecule has 0 unspecified atom stereocenters. The van der Waals surface area contributed by atoms with Gasteiger partial charge in [-0.1, -0.05) is 29.8 Å². The van der Waals surface area contributed by atoms with Gasteiger partial charge in [0.2, 0.25) is 0 Å². The first-order valence-corrected chi connectivity index (χ1v) is 8.16. The fourth-order valence-electron chi connectivity index (χ4n) is 2.52. The predicted molar refractivity (Wildman–Crippen MR) is 96.0 cm³/mol. The van der Waals surface area contributed by atoms with Gasteiger partial charge in [0, 0.05) is 34.1 Å². The molecule has 0 saturated carbocycles. The number of pyridine rings is 1. The molecular weight excluding hydrogens is 326 g/mol. The quantitative estimate of drug-likeness (QED) is 0.694. The molecule has 1 aromatic carbocycles. The van der Waals surface area contributed by atoms with Crippen molar-refractivity contribution in [3.63, 3.8) is 0 Å². The van der Waals surface area contributed by atoms with Crippen molar-refractivity contribution in [3.05, 3.63) is 57.9 Å². The number of aromatic nitrogens is 1. The van der Waals surface area contributed by atoms with E-state index in [0.29, 0.717) is 23.4 Å². The number of likely N-dealkylation sites (N-methyl/N-ethyl adjacent to an activating group) is 1. The summed E-state index contributed by atoms with van der Waals surface area (Å²) in [5.41, 5.74) is 2.60. The van der Waals surface area contributed by atoms with Crippen molar-refractivity contribution in [2.45, 2.75) is 19.6 Å². The molecule has 6 heteroatoms. The van der Waals surface area contributed by atoms with Crippen LogP contribution in [-0.4, -0.2) is 42.1 Å². The van der Waals surface area contributed by atoms with Crippen molar-refractivity contribution < 1.29 is 15.1 Å². The number of hydrogen-bond donors (Lipinski definition) is 3. The number of aliphatic imine (C=N–C) groups is 1. The van der Waals surface area contributed by atoms with Crippen LogP contribution < -0.4 is 4.90 Å². The maximum absolute atomic E-state index is 10.2. The fourth-order valence-corrected chi connectivity index (χ4v) is 2.79. The van der Waals surface area contributed by atoms with Crippen molar-refractivity contribution in [2.75, 3.05) is 20.6 Å². The Kier molecular flexibility index (Phi) is 6.31. The van der Waals surface area contributed by atoms with Crippen LogP contribution in [0.15, 0.2) is 35.5 Å². The fraction of sp³-hybridized carbons (Fsp3) is 0.333. The Morgan fingerprint density at radius 2 is 2.04 bits per heavy atom. The van der Waals surface area contributed by atoms with Crippen LogP contribution in [0, 0.1) is 6.92 Å². The van der Waals surface area contributed by atoms with Crippen molar-refractivity contribution in [3.8, 4) is 5.75 Å². The number of aliphatic hydroxyl groups is 1. The number of hydrogen-bond acceptors (Lipinski definition) is 4. The van der Waals surface area contributed by atoms with Gasteiger partial charge < -0.3 is 15.1 Å². The minimum Gasteiger partial charge on any atom is -0.505 e. The number of nitrogens with zero attached hydrogens (tertiary/aromatic N) is 2. The van der Waals surface area contributed by atoms with E-state index >= 15 is 0 Å². The van der Waals surface area contributed by atoms with Gasteiger partial charge in [-0.05, 0) is 13.0 Å². The third-order valence-corrected chi connectivity index (χ3v) is 4.36. The van der Waals surface area contributed by atoms with Crippen LogP contribution in [0.2, 0.25) is 5.02 Å². The molecule has 0 fully saturated rings. The topological polar surface area (TPSA) is 70.2 Å². The highest BCUT2D eigenvalue weighted by Crippen LogP contribution is 2.23. The summed E-state index contributed by atoms with van der Waals surface area (Å²) >= 11 is 6.31. The zero-order valence-electron chi connectivity index (χ0n) is 14.1. The van der Waals surface area contributed by atoms with Crippen LogP contribution in [-0.2, 0) is 6.61 Å². The van der Waals surface area contributed by atoms with E-state index < -0.39 is 0 Å². The standard InChI is InChI=1S/C18H22ClN3O2/c1-12-18(24)15(13(11-23)8-21-12)9-20-10-17(22(2)3)14-6-4-5-7-16(14)19/h4-9,17,23-24H,10-11H2,1-3H3/p+1/t17-/m0/s1. The van der Waals surface area contributed by atoms with Gasteiger partial charge in [-0.25, -0.2) is 0 Å². The van der Waals surface area contributed by atoms with E-state index in [1.54, 1.807) is 19.3 Å². The molecule has 1 atom stereocenters. The Morgan fingerprint density at radius 1 is 1.33 bits per heavy atom. The summed E-state index contributed by atoms with van der Waals surface area (Å²) in [6.45, 7) is 2.02. The molecule has 0 radical (unpaired) electrons. The molecule has 3 N–H and O–H groups in total. The zero-order valence-corrected chi connectivity index (χ0v) is 14.9.